The van der Waals surface area contributed by atoms with Gasteiger partial charge in [-0.3, -0.25) is 9.36 Å². The summed E-state index contributed by atoms with van der Waals surface area (Å²) in [5.41, 5.74) is 1.83. The molecule has 1 atom stereocenters. The van der Waals surface area contributed by atoms with Crippen LogP contribution in [0.25, 0.3) is 17.1 Å². The lowest BCUT2D eigenvalue weighted by Crippen LogP contribution is -2.34. The van der Waals surface area contributed by atoms with Crippen LogP contribution in [0.1, 0.15) is 39.4 Å². The van der Waals surface area contributed by atoms with Gasteiger partial charge >= 0.3 is 0 Å². The van der Waals surface area contributed by atoms with Crippen LogP contribution in [0.3, 0.4) is 0 Å². The first-order valence-corrected chi connectivity index (χ1v) is 10.9. The Hall–Kier alpha value is -2.54. The van der Waals surface area contributed by atoms with Crippen LogP contribution in [0, 0.1) is 12.8 Å². The SMILES string of the molecule is Cc1occc1-c1nnc(SCC(=O)N[C@H](C)CCC(C)C)n1-c1ccccc1. The van der Waals surface area contributed by atoms with Crippen molar-refractivity contribution < 1.29 is 9.21 Å². The van der Waals surface area contributed by atoms with Crippen LogP contribution >= 0.6 is 11.8 Å². The van der Waals surface area contributed by atoms with Crippen LogP contribution in [-0.2, 0) is 4.79 Å². The second-order valence-corrected chi connectivity index (χ2v) is 8.54. The largest absolute Gasteiger partial charge is 0.469 e. The second kappa shape index (κ2) is 9.78. The number of furan rings is 1. The number of carbonyl (C=O) groups excluding carboxylic acids is 1. The normalized spacial score (nSPS) is 12.3. The Morgan fingerprint density at radius 1 is 1.14 bits per heavy atom. The van der Waals surface area contributed by atoms with Crippen molar-refractivity contribution in [3.05, 3.63) is 48.4 Å². The van der Waals surface area contributed by atoms with Crippen LogP contribution in [0.4, 0.5) is 0 Å². The van der Waals surface area contributed by atoms with Crippen molar-refractivity contribution in [2.45, 2.75) is 51.7 Å². The number of nitrogens with zero attached hydrogens (tertiary/aromatic N) is 3. The Kier molecular flexibility index (Phi) is 7.14. The first-order valence-electron chi connectivity index (χ1n) is 9.93. The van der Waals surface area contributed by atoms with Crippen LogP contribution < -0.4 is 5.32 Å². The molecule has 0 saturated carbocycles. The molecule has 3 rings (SSSR count). The summed E-state index contributed by atoms with van der Waals surface area (Å²) in [5.74, 6) is 2.42. The Bertz CT molecular complexity index is 933. The molecule has 2 aromatic heterocycles. The van der Waals surface area contributed by atoms with Gasteiger partial charge in [0.15, 0.2) is 11.0 Å². The number of hydrogen-bond acceptors (Lipinski definition) is 5. The molecule has 0 bridgehead atoms. The molecule has 3 aromatic rings. The zero-order valence-corrected chi connectivity index (χ0v) is 18.2. The summed E-state index contributed by atoms with van der Waals surface area (Å²) in [6, 6.07) is 12.0. The minimum absolute atomic E-state index is 0.00918. The number of nitrogens with one attached hydrogen (secondary N) is 1. The van der Waals surface area contributed by atoms with Gasteiger partial charge in [-0.15, -0.1) is 10.2 Å². The third kappa shape index (κ3) is 5.50. The number of benzene rings is 1. The fourth-order valence-corrected chi connectivity index (χ4v) is 3.83. The second-order valence-electron chi connectivity index (χ2n) is 7.60. The quantitative estimate of drug-likeness (QED) is 0.508. The average molecular weight is 413 g/mol. The smallest absolute Gasteiger partial charge is 0.230 e. The number of carbonyl (C=O) groups is 1. The summed E-state index contributed by atoms with van der Waals surface area (Å²) >= 11 is 1.39. The van der Waals surface area contributed by atoms with Crippen molar-refractivity contribution in [1.82, 2.24) is 20.1 Å². The molecular formula is C22H28N4O2S. The highest BCUT2D eigenvalue weighted by molar-refractivity contribution is 7.99. The van der Waals surface area contributed by atoms with E-state index in [0.717, 1.165) is 29.9 Å². The molecule has 0 fully saturated rings. The predicted molar refractivity (Wildman–Crippen MR) is 116 cm³/mol. The van der Waals surface area contributed by atoms with Gasteiger partial charge < -0.3 is 9.73 Å². The molecule has 0 saturated heterocycles. The Balaban J connectivity index is 1.75. The molecule has 0 unspecified atom stereocenters. The molecule has 0 spiro atoms. The van der Waals surface area contributed by atoms with E-state index >= 15 is 0 Å². The molecule has 0 aliphatic heterocycles. The standard InChI is InChI=1S/C22H28N4O2S/c1-15(2)10-11-16(3)23-20(27)14-29-22-25-24-21(19-12-13-28-17(19)4)26(22)18-8-6-5-7-9-18/h5-9,12-13,15-16H,10-11,14H2,1-4H3,(H,23,27)/t16-/m1/s1. The van der Waals surface area contributed by atoms with E-state index in [4.69, 9.17) is 4.42 Å². The van der Waals surface area contributed by atoms with Gasteiger partial charge in [-0.05, 0) is 50.8 Å². The summed E-state index contributed by atoms with van der Waals surface area (Å²) < 4.78 is 7.42. The molecule has 7 heteroatoms. The third-order valence-corrected chi connectivity index (χ3v) is 5.59. The molecular weight excluding hydrogens is 384 g/mol. The number of aryl methyl sites for hydroxylation is 1. The zero-order chi connectivity index (χ0) is 20.8. The fraction of sp³-hybridized carbons (Fsp3) is 0.409. The van der Waals surface area contributed by atoms with Crippen molar-refractivity contribution in [2.75, 3.05) is 5.75 Å². The Labute approximate surface area is 176 Å². The van der Waals surface area contributed by atoms with Crippen LogP contribution in [0.5, 0.6) is 0 Å². The van der Waals surface area contributed by atoms with Crippen molar-refractivity contribution in [3.8, 4) is 17.1 Å². The minimum Gasteiger partial charge on any atom is -0.469 e. The van der Waals surface area contributed by atoms with E-state index in [1.165, 1.54) is 11.8 Å². The molecule has 6 nitrogen and oxygen atoms in total. The highest BCUT2D eigenvalue weighted by Crippen LogP contribution is 2.30. The van der Waals surface area contributed by atoms with Gasteiger partial charge in [-0.25, -0.2) is 0 Å². The van der Waals surface area contributed by atoms with E-state index < -0.39 is 0 Å². The Morgan fingerprint density at radius 2 is 1.90 bits per heavy atom. The summed E-state index contributed by atoms with van der Waals surface area (Å²) in [5, 5.41) is 12.5. The van der Waals surface area contributed by atoms with Crippen molar-refractivity contribution in [3.63, 3.8) is 0 Å². The van der Waals surface area contributed by atoms with Gasteiger partial charge in [-0.1, -0.05) is 43.8 Å². The lowest BCUT2D eigenvalue weighted by molar-refractivity contribution is -0.119. The summed E-state index contributed by atoms with van der Waals surface area (Å²) in [6.07, 6.45) is 3.73. The summed E-state index contributed by atoms with van der Waals surface area (Å²) in [6.45, 7) is 8.34. The number of hydrogen-bond donors (Lipinski definition) is 1. The van der Waals surface area contributed by atoms with E-state index in [9.17, 15) is 4.79 Å². The maximum atomic E-state index is 12.4. The van der Waals surface area contributed by atoms with Gasteiger partial charge in [0.05, 0.1) is 17.6 Å². The lowest BCUT2D eigenvalue weighted by atomic mass is 10.0. The van der Waals surface area contributed by atoms with E-state index in [-0.39, 0.29) is 11.9 Å². The first-order chi connectivity index (χ1) is 14.0. The topological polar surface area (TPSA) is 72.9 Å². The monoisotopic (exact) mass is 412 g/mol. The summed E-state index contributed by atoms with van der Waals surface area (Å²) in [7, 11) is 0. The minimum atomic E-state index is 0.00918. The van der Waals surface area contributed by atoms with Gasteiger partial charge in [0, 0.05) is 11.7 Å². The number of amides is 1. The molecule has 154 valence electrons. The fourth-order valence-electron chi connectivity index (χ4n) is 3.07. The summed E-state index contributed by atoms with van der Waals surface area (Å²) in [4.78, 5) is 12.4. The predicted octanol–water partition coefficient (Wildman–Crippen LogP) is 4.87. The van der Waals surface area contributed by atoms with Gasteiger partial charge in [0.25, 0.3) is 0 Å². The highest BCUT2D eigenvalue weighted by atomic mass is 32.2. The van der Waals surface area contributed by atoms with Gasteiger partial charge in [0.2, 0.25) is 5.91 Å². The van der Waals surface area contributed by atoms with E-state index in [1.54, 1.807) is 6.26 Å². The van der Waals surface area contributed by atoms with E-state index in [1.807, 2.05) is 47.9 Å². The maximum Gasteiger partial charge on any atom is 0.230 e. The molecule has 1 aromatic carbocycles. The molecule has 0 radical (unpaired) electrons. The first kappa shape index (κ1) is 21.2. The van der Waals surface area contributed by atoms with Gasteiger partial charge in [0.1, 0.15) is 5.76 Å². The van der Waals surface area contributed by atoms with Crippen LogP contribution in [0.2, 0.25) is 0 Å². The van der Waals surface area contributed by atoms with E-state index in [2.05, 4.69) is 36.3 Å². The third-order valence-electron chi connectivity index (χ3n) is 4.66. The van der Waals surface area contributed by atoms with Crippen LogP contribution in [0.15, 0.2) is 52.2 Å². The van der Waals surface area contributed by atoms with Crippen molar-refractivity contribution in [2.24, 2.45) is 5.92 Å². The van der Waals surface area contributed by atoms with E-state index in [0.29, 0.717) is 22.7 Å². The zero-order valence-electron chi connectivity index (χ0n) is 17.4. The van der Waals surface area contributed by atoms with Crippen molar-refractivity contribution >= 4 is 17.7 Å². The lowest BCUT2D eigenvalue weighted by Gasteiger charge is -2.15. The number of aromatic nitrogens is 3. The molecule has 0 aliphatic rings. The van der Waals surface area contributed by atoms with Crippen molar-refractivity contribution in [1.29, 1.82) is 0 Å². The maximum absolute atomic E-state index is 12.4. The average Bonchev–Trinajstić information content (AvgIpc) is 3.31. The molecule has 1 amide bonds. The molecule has 1 N–H and O–H groups in total. The number of thioether (sulfide) groups is 1. The Morgan fingerprint density at radius 3 is 2.55 bits per heavy atom. The van der Waals surface area contributed by atoms with Gasteiger partial charge in [-0.2, -0.15) is 0 Å². The number of para-hydroxylation sites is 1. The number of rotatable bonds is 9. The molecule has 2 heterocycles. The van der Waals surface area contributed by atoms with Crippen LogP contribution in [-0.4, -0.2) is 32.5 Å². The highest BCUT2D eigenvalue weighted by Gasteiger charge is 2.20. The molecule has 29 heavy (non-hydrogen) atoms. The molecule has 0 aliphatic carbocycles.